The number of hydrogen-bond donors (Lipinski definition) is 2. The summed E-state index contributed by atoms with van der Waals surface area (Å²) in [6.07, 6.45) is 4.22. The normalized spacial score (nSPS) is 14.5. The van der Waals surface area contributed by atoms with Gasteiger partial charge in [-0.25, -0.2) is 5.48 Å². The Labute approximate surface area is 133 Å². The van der Waals surface area contributed by atoms with Crippen molar-refractivity contribution < 1.29 is 19.7 Å². The molecule has 1 aliphatic carbocycles. The van der Waals surface area contributed by atoms with E-state index >= 15 is 0 Å². The third-order valence-electron chi connectivity index (χ3n) is 4.02. The quantitative estimate of drug-likeness (QED) is 0.470. The molecule has 0 unspecified atom stereocenters. The Morgan fingerprint density at radius 3 is 2.39 bits per heavy atom. The number of amides is 2. The van der Waals surface area contributed by atoms with E-state index in [1.165, 1.54) is 34.6 Å². The first-order valence-corrected chi connectivity index (χ1v) is 7.48. The zero-order valence-corrected chi connectivity index (χ0v) is 12.6. The number of nitro groups is 1. The number of benzene rings is 1. The number of hydroxylamine groups is 1. The van der Waals surface area contributed by atoms with E-state index < -0.39 is 10.8 Å². The molecule has 1 aromatic carbocycles. The SMILES string of the molecule is O=C(CN(CC1CCCC1)C(=O)c1ccc([N+](=O)[O-])cc1)NO. The zero-order valence-electron chi connectivity index (χ0n) is 12.6. The van der Waals surface area contributed by atoms with Gasteiger partial charge in [0.2, 0.25) is 0 Å². The lowest BCUT2D eigenvalue weighted by Gasteiger charge is -2.25. The van der Waals surface area contributed by atoms with Crippen molar-refractivity contribution in [1.29, 1.82) is 0 Å². The molecule has 124 valence electrons. The van der Waals surface area contributed by atoms with Crippen molar-refractivity contribution >= 4 is 17.5 Å². The third kappa shape index (κ3) is 4.49. The van der Waals surface area contributed by atoms with Gasteiger partial charge < -0.3 is 4.90 Å². The van der Waals surface area contributed by atoms with E-state index in [1.807, 2.05) is 0 Å². The van der Waals surface area contributed by atoms with Gasteiger partial charge in [0.25, 0.3) is 17.5 Å². The summed E-state index contributed by atoms with van der Waals surface area (Å²) in [6, 6.07) is 5.26. The van der Waals surface area contributed by atoms with Gasteiger partial charge in [0, 0.05) is 24.2 Å². The molecule has 0 atom stereocenters. The van der Waals surface area contributed by atoms with E-state index in [2.05, 4.69) is 0 Å². The average molecular weight is 321 g/mol. The van der Waals surface area contributed by atoms with Crippen molar-refractivity contribution in [2.24, 2.45) is 5.92 Å². The fraction of sp³-hybridized carbons (Fsp3) is 0.467. The summed E-state index contributed by atoms with van der Waals surface area (Å²) < 4.78 is 0. The number of carbonyl (C=O) groups is 2. The highest BCUT2D eigenvalue weighted by atomic mass is 16.6. The van der Waals surface area contributed by atoms with Crippen LogP contribution in [0.5, 0.6) is 0 Å². The lowest BCUT2D eigenvalue weighted by Crippen LogP contribution is -2.42. The van der Waals surface area contributed by atoms with Crippen LogP contribution in [0, 0.1) is 16.0 Å². The molecule has 0 bridgehead atoms. The van der Waals surface area contributed by atoms with Gasteiger partial charge in [0.1, 0.15) is 6.54 Å². The number of rotatable bonds is 6. The summed E-state index contributed by atoms with van der Waals surface area (Å²) in [6.45, 7) is 0.187. The number of carbonyl (C=O) groups excluding carboxylic acids is 2. The van der Waals surface area contributed by atoms with Crippen molar-refractivity contribution in [2.75, 3.05) is 13.1 Å². The number of hydrogen-bond acceptors (Lipinski definition) is 5. The van der Waals surface area contributed by atoms with E-state index in [1.54, 1.807) is 0 Å². The van der Waals surface area contributed by atoms with Crippen LogP contribution in [-0.4, -0.2) is 39.9 Å². The second-order valence-electron chi connectivity index (χ2n) is 5.68. The number of nitrogens with zero attached hydrogens (tertiary/aromatic N) is 2. The second-order valence-corrected chi connectivity index (χ2v) is 5.68. The van der Waals surface area contributed by atoms with Crippen LogP contribution in [0.1, 0.15) is 36.0 Å². The summed E-state index contributed by atoms with van der Waals surface area (Å²) in [4.78, 5) is 35.5. The molecule has 2 amide bonds. The van der Waals surface area contributed by atoms with Crippen LogP contribution in [0.3, 0.4) is 0 Å². The molecule has 2 rings (SSSR count). The van der Waals surface area contributed by atoms with E-state index in [4.69, 9.17) is 5.21 Å². The Morgan fingerprint density at radius 1 is 1.26 bits per heavy atom. The van der Waals surface area contributed by atoms with Gasteiger partial charge >= 0.3 is 0 Å². The van der Waals surface area contributed by atoms with E-state index in [-0.39, 0.29) is 23.7 Å². The van der Waals surface area contributed by atoms with E-state index in [0.29, 0.717) is 12.5 Å². The Morgan fingerprint density at radius 2 is 1.87 bits per heavy atom. The first kappa shape index (κ1) is 16.9. The molecule has 0 aromatic heterocycles. The van der Waals surface area contributed by atoms with Gasteiger partial charge in [0.15, 0.2) is 0 Å². The highest BCUT2D eigenvalue weighted by Gasteiger charge is 2.24. The molecule has 23 heavy (non-hydrogen) atoms. The molecule has 0 radical (unpaired) electrons. The summed E-state index contributed by atoms with van der Waals surface area (Å²) in [5.74, 6) is -0.711. The summed E-state index contributed by atoms with van der Waals surface area (Å²) in [7, 11) is 0. The molecule has 0 heterocycles. The fourth-order valence-corrected chi connectivity index (χ4v) is 2.84. The van der Waals surface area contributed by atoms with Crippen molar-refractivity contribution in [1.82, 2.24) is 10.4 Å². The minimum Gasteiger partial charge on any atom is -0.329 e. The standard InChI is InChI=1S/C15H19N3O5/c19-14(16-21)10-17(9-11-3-1-2-4-11)15(20)12-5-7-13(8-6-12)18(22)23/h5-8,11,21H,1-4,9-10H2,(H,16,19). The maximum absolute atomic E-state index is 12.6. The molecule has 1 aromatic rings. The Bertz CT molecular complexity index is 581. The Balaban J connectivity index is 2.13. The summed E-state index contributed by atoms with van der Waals surface area (Å²) in [5.41, 5.74) is 1.71. The second kappa shape index (κ2) is 7.68. The Hall–Kier alpha value is -2.48. The first-order chi connectivity index (χ1) is 11.0. The van der Waals surface area contributed by atoms with Gasteiger partial charge in [-0.2, -0.15) is 0 Å². The van der Waals surface area contributed by atoms with Crippen molar-refractivity contribution in [3.63, 3.8) is 0 Å². The highest BCUT2D eigenvalue weighted by molar-refractivity contribution is 5.96. The van der Waals surface area contributed by atoms with Gasteiger partial charge in [-0.15, -0.1) is 0 Å². The maximum atomic E-state index is 12.6. The molecule has 0 aliphatic heterocycles. The molecule has 1 fully saturated rings. The van der Waals surface area contributed by atoms with Gasteiger partial charge in [0.05, 0.1) is 4.92 Å². The molecule has 0 saturated heterocycles. The van der Waals surface area contributed by atoms with Crippen LogP contribution in [0.4, 0.5) is 5.69 Å². The minimum atomic E-state index is -0.668. The number of nitro benzene ring substituents is 1. The van der Waals surface area contributed by atoms with Crippen LogP contribution in [0.25, 0.3) is 0 Å². The first-order valence-electron chi connectivity index (χ1n) is 7.48. The zero-order chi connectivity index (χ0) is 16.8. The van der Waals surface area contributed by atoms with Crippen LogP contribution >= 0.6 is 0 Å². The summed E-state index contributed by atoms with van der Waals surface area (Å²) in [5, 5.41) is 19.3. The van der Waals surface area contributed by atoms with Crippen LogP contribution in [-0.2, 0) is 4.79 Å². The predicted octanol–water partition coefficient (Wildman–Crippen LogP) is 1.73. The largest absolute Gasteiger partial charge is 0.329 e. The fourth-order valence-electron chi connectivity index (χ4n) is 2.84. The minimum absolute atomic E-state index is 0.100. The lowest BCUT2D eigenvalue weighted by molar-refractivity contribution is -0.384. The topological polar surface area (TPSA) is 113 Å². The van der Waals surface area contributed by atoms with Crippen LogP contribution in [0.15, 0.2) is 24.3 Å². The third-order valence-corrected chi connectivity index (χ3v) is 4.02. The molecular formula is C15H19N3O5. The van der Waals surface area contributed by atoms with Crippen LogP contribution < -0.4 is 5.48 Å². The van der Waals surface area contributed by atoms with E-state index in [0.717, 1.165) is 25.7 Å². The van der Waals surface area contributed by atoms with E-state index in [9.17, 15) is 19.7 Å². The summed E-state index contributed by atoms with van der Waals surface area (Å²) >= 11 is 0. The van der Waals surface area contributed by atoms with Gasteiger partial charge in [-0.1, -0.05) is 12.8 Å². The molecule has 2 N–H and O–H groups in total. The predicted molar refractivity (Wildman–Crippen MR) is 80.9 cm³/mol. The Kier molecular flexibility index (Phi) is 5.64. The molecule has 8 heteroatoms. The monoisotopic (exact) mass is 321 g/mol. The molecule has 1 saturated carbocycles. The van der Waals surface area contributed by atoms with Crippen molar-refractivity contribution in [3.8, 4) is 0 Å². The number of non-ortho nitro benzene ring substituents is 1. The average Bonchev–Trinajstić information content (AvgIpc) is 3.06. The van der Waals surface area contributed by atoms with Gasteiger partial charge in [-0.3, -0.25) is 24.9 Å². The molecule has 1 aliphatic rings. The lowest BCUT2D eigenvalue weighted by atomic mass is 10.1. The number of nitrogens with one attached hydrogen (secondary N) is 1. The van der Waals surface area contributed by atoms with Crippen molar-refractivity contribution in [3.05, 3.63) is 39.9 Å². The van der Waals surface area contributed by atoms with Crippen LogP contribution in [0.2, 0.25) is 0 Å². The molecule has 0 spiro atoms. The maximum Gasteiger partial charge on any atom is 0.269 e. The molecule has 8 nitrogen and oxygen atoms in total. The molecular weight excluding hydrogens is 302 g/mol. The van der Waals surface area contributed by atoms with Crippen molar-refractivity contribution in [2.45, 2.75) is 25.7 Å². The highest BCUT2D eigenvalue weighted by Crippen LogP contribution is 2.26. The smallest absolute Gasteiger partial charge is 0.269 e. The van der Waals surface area contributed by atoms with Gasteiger partial charge in [-0.05, 0) is 30.9 Å².